The lowest BCUT2D eigenvalue weighted by molar-refractivity contribution is 0.0944. The summed E-state index contributed by atoms with van der Waals surface area (Å²) in [7, 11) is 0. The fourth-order valence-corrected chi connectivity index (χ4v) is 2.54. The van der Waals surface area contributed by atoms with Gasteiger partial charge in [-0.3, -0.25) is 9.20 Å². The molecule has 0 aliphatic rings. The van der Waals surface area contributed by atoms with Crippen LogP contribution in [0.2, 0.25) is 0 Å². The van der Waals surface area contributed by atoms with E-state index in [4.69, 9.17) is 4.98 Å². The molecule has 0 saturated heterocycles. The highest BCUT2D eigenvalue weighted by atomic mass is 16.1. The molecule has 4 nitrogen and oxygen atoms in total. The standard InChI is InChI=1S/C19H21N3O/c1-13(2)12-20-19(23)18-17(15-7-5-4-6-8-15)21-16-11-14(3)9-10-22(16)18/h4-11,13H,12H2,1-3H3,(H,20,23). The van der Waals surface area contributed by atoms with E-state index >= 15 is 0 Å². The number of amides is 1. The van der Waals surface area contributed by atoms with Gasteiger partial charge in [0.1, 0.15) is 17.0 Å². The highest BCUT2D eigenvalue weighted by Gasteiger charge is 2.20. The molecule has 1 N–H and O–H groups in total. The van der Waals surface area contributed by atoms with Gasteiger partial charge < -0.3 is 5.32 Å². The van der Waals surface area contributed by atoms with Gasteiger partial charge in [0, 0.05) is 18.3 Å². The maximum Gasteiger partial charge on any atom is 0.270 e. The molecule has 0 saturated carbocycles. The summed E-state index contributed by atoms with van der Waals surface area (Å²) in [6, 6.07) is 13.8. The molecule has 1 amide bonds. The van der Waals surface area contributed by atoms with Crippen molar-refractivity contribution in [2.24, 2.45) is 5.92 Å². The van der Waals surface area contributed by atoms with Crippen LogP contribution in [0.15, 0.2) is 48.7 Å². The molecular weight excluding hydrogens is 286 g/mol. The molecule has 0 fully saturated rings. The lowest BCUT2D eigenvalue weighted by Crippen LogP contribution is -2.28. The zero-order valence-corrected chi connectivity index (χ0v) is 13.7. The van der Waals surface area contributed by atoms with Gasteiger partial charge in [-0.05, 0) is 30.5 Å². The summed E-state index contributed by atoms with van der Waals surface area (Å²) in [6.45, 7) is 6.83. The van der Waals surface area contributed by atoms with Crippen LogP contribution >= 0.6 is 0 Å². The Balaban J connectivity index is 2.14. The van der Waals surface area contributed by atoms with Gasteiger partial charge in [-0.1, -0.05) is 44.2 Å². The zero-order chi connectivity index (χ0) is 16.4. The second-order valence-corrected chi connectivity index (χ2v) is 6.21. The predicted molar refractivity (Wildman–Crippen MR) is 92.5 cm³/mol. The van der Waals surface area contributed by atoms with Gasteiger partial charge >= 0.3 is 0 Å². The van der Waals surface area contributed by atoms with Crippen molar-refractivity contribution in [3.05, 3.63) is 59.9 Å². The first-order valence-corrected chi connectivity index (χ1v) is 7.88. The molecule has 0 unspecified atom stereocenters. The monoisotopic (exact) mass is 307 g/mol. The molecule has 3 aromatic rings. The van der Waals surface area contributed by atoms with Gasteiger partial charge in [-0.2, -0.15) is 0 Å². The number of benzene rings is 1. The molecule has 118 valence electrons. The quantitative estimate of drug-likeness (QED) is 0.799. The van der Waals surface area contributed by atoms with E-state index in [1.807, 2.05) is 60.0 Å². The molecular formula is C19H21N3O. The average Bonchev–Trinajstić information content (AvgIpc) is 2.92. The van der Waals surface area contributed by atoms with Gasteiger partial charge in [-0.15, -0.1) is 0 Å². The SMILES string of the molecule is Cc1ccn2c(C(=O)NCC(C)C)c(-c3ccccc3)nc2c1. The van der Waals surface area contributed by atoms with Crippen LogP contribution in [-0.2, 0) is 0 Å². The number of hydrogen-bond acceptors (Lipinski definition) is 2. The highest BCUT2D eigenvalue weighted by Crippen LogP contribution is 2.24. The fourth-order valence-electron chi connectivity index (χ4n) is 2.54. The first kappa shape index (κ1) is 15.3. The number of pyridine rings is 1. The second kappa shape index (κ2) is 6.24. The highest BCUT2D eigenvalue weighted by molar-refractivity contribution is 5.99. The Morgan fingerprint density at radius 2 is 1.96 bits per heavy atom. The van der Waals surface area contributed by atoms with Crippen molar-refractivity contribution >= 4 is 11.6 Å². The molecule has 0 aliphatic carbocycles. The first-order chi connectivity index (χ1) is 11.1. The number of carbonyl (C=O) groups excluding carboxylic acids is 1. The smallest absolute Gasteiger partial charge is 0.270 e. The largest absolute Gasteiger partial charge is 0.350 e. The van der Waals surface area contributed by atoms with Gasteiger partial charge in [0.2, 0.25) is 0 Å². The minimum Gasteiger partial charge on any atom is -0.350 e. The molecule has 0 spiro atoms. The maximum atomic E-state index is 12.7. The topological polar surface area (TPSA) is 46.4 Å². The van der Waals surface area contributed by atoms with Crippen LogP contribution in [0.5, 0.6) is 0 Å². The number of aromatic nitrogens is 2. The van der Waals surface area contributed by atoms with Crippen molar-refractivity contribution in [2.75, 3.05) is 6.54 Å². The average molecular weight is 307 g/mol. The number of imidazole rings is 1. The molecule has 2 aromatic heterocycles. The zero-order valence-electron chi connectivity index (χ0n) is 13.7. The molecule has 4 heteroatoms. The number of nitrogens with one attached hydrogen (secondary N) is 1. The summed E-state index contributed by atoms with van der Waals surface area (Å²) in [4.78, 5) is 17.4. The minimum atomic E-state index is -0.0890. The minimum absolute atomic E-state index is 0.0890. The van der Waals surface area contributed by atoms with E-state index in [1.165, 1.54) is 0 Å². The normalized spacial score (nSPS) is 11.1. The fraction of sp³-hybridized carbons (Fsp3) is 0.263. The van der Waals surface area contributed by atoms with Crippen LogP contribution in [-0.4, -0.2) is 21.8 Å². The summed E-state index contributed by atoms with van der Waals surface area (Å²) in [5.41, 5.74) is 4.17. The number of nitrogens with zero attached hydrogens (tertiary/aromatic N) is 2. The van der Waals surface area contributed by atoms with E-state index in [2.05, 4.69) is 19.2 Å². The molecule has 0 bridgehead atoms. The Bertz CT molecular complexity index is 834. The van der Waals surface area contributed by atoms with E-state index in [1.54, 1.807) is 0 Å². The van der Waals surface area contributed by atoms with Crippen LogP contribution in [0.3, 0.4) is 0 Å². The van der Waals surface area contributed by atoms with E-state index in [0.29, 0.717) is 18.2 Å². The van der Waals surface area contributed by atoms with E-state index in [0.717, 1.165) is 22.5 Å². The van der Waals surface area contributed by atoms with Crippen molar-refractivity contribution in [2.45, 2.75) is 20.8 Å². The van der Waals surface area contributed by atoms with Crippen LogP contribution in [0.25, 0.3) is 16.9 Å². The van der Waals surface area contributed by atoms with Crippen molar-refractivity contribution in [3.63, 3.8) is 0 Å². The second-order valence-electron chi connectivity index (χ2n) is 6.21. The number of hydrogen-bond donors (Lipinski definition) is 1. The summed E-state index contributed by atoms with van der Waals surface area (Å²) in [6.07, 6.45) is 1.91. The number of carbonyl (C=O) groups is 1. The summed E-state index contributed by atoms with van der Waals surface area (Å²) < 4.78 is 1.87. The van der Waals surface area contributed by atoms with Crippen molar-refractivity contribution in [1.82, 2.24) is 14.7 Å². The van der Waals surface area contributed by atoms with Crippen LogP contribution in [0, 0.1) is 12.8 Å². The van der Waals surface area contributed by atoms with Gasteiger partial charge in [-0.25, -0.2) is 4.98 Å². The van der Waals surface area contributed by atoms with Crippen molar-refractivity contribution < 1.29 is 4.79 Å². The molecule has 0 atom stereocenters. The van der Waals surface area contributed by atoms with Gasteiger partial charge in [0.15, 0.2) is 0 Å². The molecule has 2 heterocycles. The number of fused-ring (bicyclic) bond motifs is 1. The van der Waals surface area contributed by atoms with Crippen molar-refractivity contribution in [1.29, 1.82) is 0 Å². The third kappa shape index (κ3) is 3.11. The third-order valence-electron chi connectivity index (χ3n) is 3.71. The van der Waals surface area contributed by atoms with E-state index < -0.39 is 0 Å². The van der Waals surface area contributed by atoms with Crippen LogP contribution < -0.4 is 5.32 Å². The Hall–Kier alpha value is -2.62. The summed E-state index contributed by atoms with van der Waals surface area (Å²) in [5, 5.41) is 3.00. The Labute approximate surface area is 136 Å². The third-order valence-corrected chi connectivity index (χ3v) is 3.71. The lowest BCUT2D eigenvalue weighted by Gasteiger charge is -2.09. The lowest BCUT2D eigenvalue weighted by atomic mass is 10.1. The number of rotatable bonds is 4. The van der Waals surface area contributed by atoms with Crippen molar-refractivity contribution in [3.8, 4) is 11.3 Å². The first-order valence-electron chi connectivity index (χ1n) is 7.88. The summed E-state index contributed by atoms with van der Waals surface area (Å²) in [5.74, 6) is 0.314. The maximum absolute atomic E-state index is 12.7. The molecule has 0 radical (unpaired) electrons. The van der Waals surface area contributed by atoms with Gasteiger partial charge in [0.05, 0.1) is 0 Å². The predicted octanol–water partition coefficient (Wildman–Crippen LogP) is 3.70. The molecule has 0 aliphatic heterocycles. The Morgan fingerprint density at radius 1 is 1.22 bits per heavy atom. The van der Waals surface area contributed by atoms with E-state index in [9.17, 15) is 4.79 Å². The van der Waals surface area contributed by atoms with Crippen LogP contribution in [0.4, 0.5) is 0 Å². The van der Waals surface area contributed by atoms with E-state index in [-0.39, 0.29) is 5.91 Å². The van der Waals surface area contributed by atoms with Gasteiger partial charge in [0.25, 0.3) is 5.91 Å². The van der Waals surface area contributed by atoms with Crippen LogP contribution in [0.1, 0.15) is 29.9 Å². The number of aryl methyl sites for hydroxylation is 1. The Kier molecular flexibility index (Phi) is 4.15. The summed E-state index contributed by atoms with van der Waals surface area (Å²) >= 11 is 0. The molecule has 1 aromatic carbocycles. The molecule has 23 heavy (non-hydrogen) atoms. The Morgan fingerprint density at radius 3 is 2.65 bits per heavy atom. The molecule has 3 rings (SSSR count).